The SMILES string of the molecule is O=C(NCc1ccccc1)NSI. The fourth-order valence-corrected chi connectivity index (χ4v) is 1.59. The molecule has 2 N–H and O–H groups in total. The highest BCUT2D eigenvalue weighted by molar-refractivity contribution is 14.2. The predicted molar refractivity (Wildman–Crippen MR) is 63.4 cm³/mol. The summed E-state index contributed by atoms with van der Waals surface area (Å²) in [5, 5.41) is 2.72. The Morgan fingerprint density at radius 2 is 2.08 bits per heavy atom. The third-order valence-electron chi connectivity index (χ3n) is 1.43. The van der Waals surface area contributed by atoms with Gasteiger partial charge in [-0.2, -0.15) is 0 Å². The van der Waals surface area contributed by atoms with Gasteiger partial charge in [-0.25, -0.2) is 4.79 Å². The Kier molecular flexibility index (Phi) is 4.99. The molecule has 5 heteroatoms. The monoisotopic (exact) mass is 308 g/mol. The van der Waals surface area contributed by atoms with Gasteiger partial charge in [-0.15, -0.1) is 0 Å². The van der Waals surface area contributed by atoms with Gasteiger partial charge >= 0.3 is 6.03 Å². The highest BCUT2D eigenvalue weighted by Crippen LogP contribution is 2.03. The van der Waals surface area contributed by atoms with Crippen LogP contribution < -0.4 is 10.0 Å². The fourth-order valence-electron chi connectivity index (χ4n) is 0.849. The normalized spacial score (nSPS) is 9.31. The zero-order chi connectivity index (χ0) is 9.52. The number of carbonyl (C=O) groups is 1. The van der Waals surface area contributed by atoms with Gasteiger partial charge in [0.15, 0.2) is 0 Å². The lowest BCUT2D eigenvalue weighted by Gasteiger charge is -2.03. The molecule has 70 valence electrons. The van der Waals surface area contributed by atoms with Crippen molar-refractivity contribution in [2.75, 3.05) is 0 Å². The van der Waals surface area contributed by atoms with Crippen LogP contribution in [0.4, 0.5) is 4.79 Å². The first-order chi connectivity index (χ1) is 6.33. The highest BCUT2D eigenvalue weighted by atomic mass is 127. The van der Waals surface area contributed by atoms with Crippen molar-refractivity contribution in [3.8, 4) is 0 Å². The molecule has 0 aromatic heterocycles. The zero-order valence-electron chi connectivity index (χ0n) is 6.79. The molecule has 0 saturated heterocycles. The number of hydrogen-bond donors (Lipinski definition) is 2. The molecule has 0 atom stereocenters. The van der Waals surface area contributed by atoms with E-state index in [4.69, 9.17) is 0 Å². The van der Waals surface area contributed by atoms with Gasteiger partial charge in [0.1, 0.15) is 0 Å². The van der Waals surface area contributed by atoms with E-state index in [2.05, 4.69) is 10.0 Å². The van der Waals surface area contributed by atoms with E-state index in [0.717, 1.165) is 5.56 Å². The first-order valence-corrected chi connectivity index (χ1v) is 7.04. The van der Waals surface area contributed by atoms with Crippen LogP contribution in [0.25, 0.3) is 0 Å². The van der Waals surface area contributed by atoms with Crippen LogP contribution in [0.3, 0.4) is 0 Å². The second-order valence-corrected chi connectivity index (χ2v) is 4.03. The summed E-state index contributed by atoms with van der Waals surface area (Å²) < 4.78 is 2.57. The number of nitrogens with one attached hydrogen (secondary N) is 2. The molecule has 13 heavy (non-hydrogen) atoms. The largest absolute Gasteiger partial charge is 0.333 e. The molecule has 0 spiro atoms. The molecule has 2 amide bonds. The second kappa shape index (κ2) is 6.09. The molecule has 0 radical (unpaired) electrons. The Morgan fingerprint density at radius 3 is 2.69 bits per heavy atom. The molecule has 3 nitrogen and oxygen atoms in total. The molecule has 1 rings (SSSR count). The lowest BCUT2D eigenvalue weighted by Crippen LogP contribution is -2.29. The number of hydrogen-bond acceptors (Lipinski definition) is 2. The molecule has 0 aliphatic carbocycles. The van der Waals surface area contributed by atoms with E-state index < -0.39 is 0 Å². The van der Waals surface area contributed by atoms with Crippen LogP contribution in [0.5, 0.6) is 0 Å². The fraction of sp³-hybridized carbons (Fsp3) is 0.125. The van der Waals surface area contributed by atoms with Crippen molar-refractivity contribution in [2.24, 2.45) is 0 Å². The van der Waals surface area contributed by atoms with Gasteiger partial charge in [0.25, 0.3) is 0 Å². The number of rotatable bonds is 3. The van der Waals surface area contributed by atoms with E-state index in [1.165, 1.54) is 9.12 Å². The summed E-state index contributed by atoms with van der Waals surface area (Å²) in [6.07, 6.45) is 0. The highest BCUT2D eigenvalue weighted by Gasteiger charge is 1.97. The van der Waals surface area contributed by atoms with Crippen molar-refractivity contribution in [3.05, 3.63) is 35.9 Å². The molecule has 0 bridgehead atoms. The number of benzene rings is 1. The summed E-state index contributed by atoms with van der Waals surface area (Å²) in [5.41, 5.74) is 1.09. The lowest BCUT2D eigenvalue weighted by molar-refractivity contribution is 0.246. The number of urea groups is 1. The van der Waals surface area contributed by atoms with Gasteiger partial charge in [0, 0.05) is 36.9 Å². The molecule has 1 aromatic rings. The van der Waals surface area contributed by atoms with Crippen LogP contribution in [-0.2, 0) is 6.54 Å². The van der Waals surface area contributed by atoms with Crippen LogP contribution in [0.15, 0.2) is 30.3 Å². The number of amides is 2. The van der Waals surface area contributed by atoms with Gasteiger partial charge in [-0.3, -0.25) is 4.72 Å². The molecule has 0 fully saturated rings. The summed E-state index contributed by atoms with van der Waals surface area (Å²) in [6, 6.07) is 9.62. The Hall–Kier alpha value is -0.430. The van der Waals surface area contributed by atoms with Gasteiger partial charge in [-0.1, -0.05) is 30.3 Å². The Balaban J connectivity index is 2.31. The van der Waals surface area contributed by atoms with Crippen LogP contribution in [0.1, 0.15) is 5.56 Å². The minimum Gasteiger partial charge on any atom is -0.333 e. The smallest absolute Gasteiger partial charge is 0.325 e. The van der Waals surface area contributed by atoms with E-state index in [0.29, 0.717) is 6.54 Å². The van der Waals surface area contributed by atoms with E-state index in [-0.39, 0.29) is 6.03 Å². The minimum absolute atomic E-state index is 0.164. The second-order valence-electron chi connectivity index (χ2n) is 2.35. The summed E-state index contributed by atoms with van der Waals surface area (Å²) in [5.74, 6) is 0. The van der Waals surface area contributed by atoms with Crippen molar-refractivity contribution in [3.63, 3.8) is 0 Å². The Bertz CT molecular complexity index is 268. The molecule has 0 aliphatic rings. The van der Waals surface area contributed by atoms with Crippen molar-refractivity contribution >= 4 is 36.4 Å². The van der Waals surface area contributed by atoms with Crippen LogP contribution in [0, 0.1) is 0 Å². The molecule has 0 unspecified atom stereocenters. The van der Waals surface area contributed by atoms with Crippen LogP contribution in [-0.4, -0.2) is 6.03 Å². The van der Waals surface area contributed by atoms with Gasteiger partial charge < -0.3 is 5.32 Å². The molecular formula is C8H9IN2OS. The topological polar surface area (TPSA) is 41.1 Å². The molecule has 0 heterocycles. The maximum Gasteiger partial charge on any atom is 0.325 e. The van der Waals surface area contributed by atoms with Crippen molar-refractivity contribution in [1.29, 1.82) is 0 Å². The summed E-state index contributed by atoms with van der Waals surface area (Å²) in [4.78, 5) is 11.0. The summed E-state index contributed by atoms with van der Waals surface area (Å²) in [6.45, 7) is 0.559. The number of carbonyl (C=O) groups excluding carboxylic acids is 1. The van der Waals surface area contributed by atoms with Gasteiger partial charge in [-0.05, 0) is 5.56 Å². The van der Waals surface area contributed by atoms with Gasteiger partial charge in [0.05, 0.1) is 0 Å². The maximum atomic E-state index is 11.0. The third-order valence-corrected chi connectivity index (χ3v) is 2.35. The van der Waals surface area contributed by atoms with Crippen molar-refractivity contribution < 1.29 is 4.79 Å². The number of halogens is 1. The van der Waals surface area contributed by atoms with Crippen LogP contribution >= 0.6 is 30.3 Å². The lowest BCUT2D eigenvalue weighted by atomic mass is 10.2. The Labute approximate surface area is 93.4 Å². The standard InChI is InChI=1S/C8H9IN2OS/c9-13-11-8(12)10-6-7-4-2-1-3-5-7/h1-5H,6H2,(H2,10,11,12). The average Bonchev–Trinajstić information content (AvgIpc) is 2.17. The molecular weight excluding hydrogens is 299 g/mol. The van der Waals surface area contributed by atoms with E-state index in [1.807, 2.05) is 51.5 Å². The summed E-state index contributed by atoms with van der Waals surface area (Å²) in [7, 11) is 1.25. The average molecular weight is 308 g/mol. The van der Waals surface area contributed by atoms with E-state index >= 15 is 0 Å². The molecule has 1 aromatic carbocycles. The minimum atomic E-state index is -0.164. The van der Waals surface area contributed by atoms with Crippen molar-refractivity contribution in [2.45, 2.75) is 6.54 Å². The van der Waals surface area contributed by atoms with Crippen LogP contribution in [0.2, 0.25) is 0 Å². The maximum absolute atomic E-state index is 11.0. The van der Waals surface area contributed by atoms with Crippen molar-refractivity contribution in [1.82, 2.24) is 10.0 Å². The quantitative estimate of drug-likeness (QED) is 0.665. The Morgan fingerprint density at radius 1 is 1.38 bits per heavy atom. The van der Waals surface area contributed by atoms with Gasteiger partial charge in [0.2, 0.25) is 0 Å². The molecule has 0 saturated carbocycles. The van der Waals surface area contributed by atoms with E-state index in [9.17, 15) is 4.79 Å². The molecule has 0 aliphatic heterocycles. The first-order valence-electron chi connectivity index (χ1n) is 3.68. The van der Waals surface area contributed by atoms with E-state index in [1.54, 1.807) is 0 Å². The first kappa shape index (κ1) is 10.6. The zero-order valence-corrected chi connectivity index (χ0v) is 9.76. The summed E-state index contributed by atoms with van der Waals surface area (Å²) >= 11 is 2.00. The predicted octanol–water partition coefficient (Wildman–Crippen LogP) is 2.48. The third kappa shape index (κ3) is 4.37.